The van der Waals surface area contributed by atoms with Crippen molar-refractivity contribution in [3.8, 4) is 0 Å². The molecule has 2 aromatic rings. The summed E-state index contributed by atoms with van der Waals surface area (Å²) >= 11 is 0. The van der Waals surface area contributed by atoms with Crippen LogP contribution in [0.25, 0.3) is 0 Å². The highest BCUT2D eigenvalue weighted by Crippen LogP contribution is 2.03. The lowest BCUT2D eigenvalue weighted by atomic mass is 10.3. The third kappa shape index (κ3) is 4.11. The van der Waals surface area contributed by atoms with Gasteiger partial charge in [0, 0.05) is 18.7 Å². The zero-order valence-electron chi connectivity index (χ0n) is 10.2. The van der Waals surface area contributed by atoms with Crippen LogP contribution < -0.4 is 11.0 Å². The maximum atomic E-state index is 11.6. The largest absolute Gasteiger partial charge is 0.469 e. The van der Waals surface area contributed by atoms with Crippen molar-refractivity contribution in [3.63, 3.8) is 0 Å². The lowest BCUT2D eigenvalue weighted by Gasteiger charge is -2.04. The SMILES string of the molecule is O=C(NOCCCc1ccco1)c1ccc(=O)[nH]c1. The van der Waals surface area contributed by atoms with Crippen LogP contribution in [0.2, 0.25) is 0 Å². The molecule has 100 valence electrons. The van der Waals surface area contributed by atoms with Gasteiger partial charge in [0.15, 0.2) is 0 Å². The van der Waals surface area contributed by atoms with Gasteiger partial charge in [-0.1, -0.05) is 0 Å². The van der Waals surface area contributed by atoms with E-state index < -0.39 is 5.91 Å². The van der Waals surface area contributed by atoms with E-state index >= 15 is 0 Å². The molecule has 0 radical (unpaired) electrons. The summed E-state index contributed by atoms with van der Waals surface area (Å²) in [6.07, 6.45) is 4.44. The third-order valence-corrected chi connectivity index (χ3v) is 2.46. The number of hydroxylamine groups is 1. The van der Waals surface area contributed by atoms with Crippen LogP contribution in [0.5, 0.6) is 0 Å². The van der Waals surface area contributed by atoms with Crippen molar-refractivity contribution in [2.24, 2.45) is 0 Å². The summed E-state index contributed by atoms with van der Waals surface area (Å²) in [5.74, 6) is 0.491. The maximum Gasteiger partial charge on any atom is 0.276 e. The van der Waals surface area contributed by atoms with Gasteiger partial charge >= 0.3 is 0 Å². The molecular formula is C13H14N2O4. The average Bonchev–Trinajstić information content (AvgIpc) is 2.92. The fraction of sp³-hybridized carbons (Fsp3) is 0.231. The van der Waals surface area contributed by atoms with Crippen LogP contribution in [-0.2, 0) is 11.3 Å². The number of H-pyrrole nitrogens is 1. The maximum absolute atomic E-state index is 11.6. The second-order valence-corrected chi connectivity index (χ2v) is 3.90. The topological polar surface area (TPSA) is 84.3 Å². The number of amides is 1. The average molecular weight is 262 g/mol. The number of aromatic nitrogens is 1. The molecule has 0 atom stereocenters. The number of hydrogen-bond acceptors (Lipinski definition) is 4. The van der Waals surface area contributed by atoms with E-state index in [0.29, 0.717) is 12.2 Å². The van der Waals surface area contributed by atoms with Crippen molar-refractivity contribution in [3.05, 3.63) is 58.4 Å². The molecule has 0 saturated heterocycles. The number of rotatable bonds is 6. The van der Waals surface area contributed by atoms with Crippen molar-refractivity contribution in [1.29, 1.82) is 0 Å². The first kappa shape index (κ1) is 13.1. The quantitative estimate of drug-likeness (QED) is 0.606. The molecule has 0 spiro atoms. The van der Waals surface area contributed by atoms with Gasteiger partial charge in [-0.05, 0) is 24.6 Å². The molecule has 2 N–H and O–H groups in total. The van der Waals surface area contributed by atoms with Gasteiger partial charge < -0.3 is 9.40 Å². The minimum absolute atomic E-state index is 0.254. The highest BCUT2D eigenvalue weighted by Gasteiger charge is 2.04. The molecular weight excluding hydrogens is 248 g/mol. The zero-order chi connectivity index (χ0) is 13.5. The number of aryl methyl sites for hydroxylation is 1. The second kappa shape index (κ2) is 6.55. The Bertz CT molecular complexity index is 554. The van der Waals surface area contributed by atoms with Crippen LogP contribution in [-0.4, -0.2) is 17.5 Å². The van der Waals surface area contributed by atoms with Gasteiger partial charge in [0.1, 0.15) is 5.76 Å². The molecule has 0 aliphatic carbocycles. The highest BCUT2D eigenvalue weighted by atomic mass is 16.6. The molecule has 2 heterocycles. The summed E-state index contributed by atoms with van der Waals surface area (Å²) in [5, 5.41) is 0. The van der Waals surface area contributed by atoms with Gasteiger partial charge in [-0.3, -0.25) is 14.4 Å². The minimum atomic E-state index is -0.394. The number of hydrogen-bond donors (Lipinski definition) is 2. The summed E-state index contributed by atoms with van der Waals surface area (Å²) in [6.45, 7) is 0.385. The molecule has 2 aromatic heterocycles. The number of carbonyl (C=O) groups excluding carboxylic acids is 1. The summed E-state index contributed by atoms with van der Waals surface area (Å²) in [7, 11) is 0. The van der Waals surface area contributed by atoms with Gasteiger partial charge in [0.25, 0.3) is 5.91 Å². The molecule has 6 nitrogen and oxygen atoms in total. The van der Waals surface area contributed by atoms with E-state index in [2.05, 4.69) is 10.5 Å². The predicted octanol–water partition coefficient (Wildman–Crippen LogP) is 1.26. The number of pyridine rings is 1. The minimum Gasteiger partial charge on any atom is -0.469 e. The normalized spacial score (nSPS) is 10.3. The zero-order valence-corrected chi connectivity index (χ0v) is 10.2. The van der Waals surface area contributed by atoms with Gasteiger partial charge in [-0.15, -0.1) is 0 Å². The number of carbonyl (C=O) groups is 1. The van der Waals surface area contributed by atoms with E-state index in [0.717, 1.165) is 18.6 Å². The van der Waals surface area contributed by atoms with Gasteiger partial charge in [-0.2, -0.15) is 0 Å². The van der Waals surface area contributed by atoms with E-state index in [4.69, 9.17) is 9.25 Å². The van der Waals surface area contributed by atoms with Gasteiger partial charge in [-0.25, -0.2) is 5.48 Å². The van der Waals surface area contributed by atoms with E-state index in [1.165, 1.54) is 18.3 Å². The van der Waals surface area contributed by atoms with E-state index in [-0.39, 0.29) is 5.56 Å². The van der Waals surface area contributed by atoms with Crippen molar-refractivity contribution in [2.75, 3.05) is 6.61 Å². The summed E-state index contributed by atoms with van der Waals surface area (Å²) in [5.41, 5.74) is 2.39. The highest BCUT2D eigenvalue weighted by molar-refractivity contribution is 5.92. The van der Waals surface area contributed by atoms with Crippen LogP contribution in [0.3, 0.4) is 0 Å². The monoisotopic (exact) mass is 262 g/mol. The molecule has 0 bridgehead atoms. The number of aromatic amines is 1. The molecule has 0 aromatic carbocycles. The molecule has 19 heavy (non-hydrogen) atoms. The molecule has 0 aliphatic rings. The first-order valence-electron chi connectivity index (χ1n) is 5.89. The fourth-order valence-electron chi connectivity index (χ4n) is 1.50. The van der Waals surface area contributed by atoms with E-state index in [1.54, 1.807) is 6.26 Å². The lowest BCUT2D eigenvalue weighted by molar-refractivity contribution is 0.0301. The number of nitrogens with one attached hydrogen (secondary N) is 2. The molecule has 0 fully saturated rings. The van der Waals surface area contributed by atoms with Crippen LogP contribution in [0.4, 0.5) is 0 Å². The van der Waals surface area contributed by atoms with Crippen molar-refractivity contribution in [1.82, 2.24) is 10.5 Å². The molecule has 0 saturated carbocycles. The van der Waals surface area contributed by atoms with Gasteiger partial charge in [0.2, 0.25) is 5.56 Å². The fourth-order valence-corrected chi connectivity index (χ4v) is 1.50. The summed E-state index contributed by atoms with van der Waals surface area (Å²) in [6, 6.07) is 6.43. The Hall–Kier alpha value is -2.34. The van der Waals surface area contributed by atoms with Crippen LogP contribution >= 0.6 is 0 Å². The van der Waals surface area contributed by atoms with Crippen molar-refractivity contribution >= 4 is 5.91 Å². The molecule has 2 rings (SSSR count). The summed E-state index contributed by atoms with van der Waals surface area (Å²) in [4.78, 5) is 29.9. The Balaban J connectivity index is 1.66. The third-order valence-electron chi connectivity index (χ3n) is 2.46. The second-order valence-electron chi connectivity index (χ2n) is 3.90. The molecule has 0 unspecified atom stereocenters. The molecule has 1 amide bonds. The van der Waals surface area contributed by atoms with Crippen LogP contribution in [0, 0.1) is 0 Å². The first-order valence-corrected chi connectivity index (χ1v) is 5.89. The summed E-state index contributed by atoms with van der Waals surface area (Å²) < 4.78 is 5.17. The predicted molar refractivity (Wildman–Crippen MR) is 67.5 cm³/mol. The smallest absolute Gasteiger partial charge is 0.276 e. The van der Waals surface area contributed by atoms with Crippen molar-refractivity contribution < 1.29 is 14.0 Å². The standard InChI is InChI=1S/C13H14N2O4/c16-12-6-5-10(9-14-12)13(17)15-19-8-2-4-11-3-1-7-18-11/h1,3,5-7,9H,2,4,8H2,(H,14,16)(H,15,17). The number of furan rings is 1. The Morgan fingerprint density at radius 1 is 1.37 bits per heavy atom. The first-order chi connectivity index (χ1) is 9.25. The Morgan fingerprint density at radius 2 is 2.26 bits per heavy atom. The van der Waals surface area contributed by atoms with Crippen LogP contribution in [0.1, 0.15) is 22.5 Å². The van der Waals surface area contributed by atoms with E-state index in [9.17, 15) is 9.59 Å². The Kier molecular flexibility index (Phi) is 4.52. The van der Waals surface area contributed by atoms with E-state index in [1.807, 2.05) is 12.1 Å². The van der Waals surface area contributed by atoms with Crippen molar-refractivity contribution in [2.45, 2.75) is 12.8 Å². The Morgan fingerprint density at radius 3 is 2.95 bits per heavy atom. The van der Waals surface area contributed by atoms with Crippen LogP contribution in [0.15, 0.2) is 45.9 Å². The Labute approximate surface area is 109 Å². The lowest BCUT2D eigenvalue weighted by Crippen LogP contribution is -2.25. The van der Waals surface area contributed by atoms with Gasteiger partial charge in [0.05, 0.1) is 18.4 Å². The molecule has 0 aliphatic heterocycles. The molecule has 6 heteroatoms.